The van der Waals surface area contributed by atoms with Crippen LogP contribution in [-0.2, 0) is 4.79 Å². The van der Waals surface area contributed by atoms with Crippen molar-refractivity contribution < 1.29 is 9.95 Å². The first kappa shape index (κ1) is 11.0. The van der Waals surface area contributed by atoms with E-state index in [1.807, 2.05) is 6.92 Å². The molecular weight excluding hydrogens is 118 g/mol. The number of hydrogen-bond acceptors (Lipinski definition) is 2. The van der Waals surface area contributed by atoms with E-state index < -0.39 is 0 Å². The third kappa shape index (κ3) is 145. The summed E-state index contributed by atoms with van der Waals surface area (Å²) in [6, 6.07) is 0. The predicted octanol–water partition coefficient (Wildman–Crippen LogP) is -0.359. The molecule has 0 fully saturated rings. The van der Waals surface area contributed by atoms with Crippen molar-refractivity contribution in [1.29, 1.82) is 0 Å². The molecule has 3 nitrogen and oxygen atoms in total. The van der Waals surface area contributed by atoms with Crippen molar-refractivity contribution in [3.63, 3.8) is 0 Å². The largest absolute Gasteiger partial charge is 0.626 e. The van der Waals surface area contributed by atoms with Gasteiger partial charge in [0.15, 0.2) is 0 Å². The van der Waals surface area contributed by atoms with Crippen molar-refractivity contribution in [2.24, 2.45) is 0 Å². The van der Waals surface area contributed by atoms with E-state index in [0.29, 0.717) is 0 Å². The minimum atomic E-state index is 0.167. The van der Waals surface area contributed by atoms with Crippen molar-refractivity contribution in [2.45, 2.75) is 27.2 Å². The molecule has 3 heteroatoms. The Labute approximate surface area is 55.4 Å². The van der Waals surface area contributed by atoms with Gasteiger partial charge in [-0.25, -0.2) is 5.16 Å². The van der Waals surface area contributed by atoms with Gasteiger partial charge in [-0.05, 0) is 13.8 Å². The average molecular weight is 131 g/mol. The molecule has 0 aromatic heterocycles. The van der Waals surface area contributed by atoms with Gasteiger partial charge < -0.3 is 10.0 Å². The Balaban J connectivity index is 0. The molecule has 0 saturated heterocycles. The van der Waals surface area contributed by atoms with Crippen LogP contribution in [-0.4, -0.2) is 12.0 Å². The first-order valence-corrected chi connectivity index (χ1v) is 2.81. The summed E-state index contributed by atoms with van der Waals surface area (Å²) in [5.41, 5.74) is 0. The molecule has 0 heterocycles. The van der Waals surface area contributed by atoms with Crippen molar-refractivity contribution in [3.05, 3.63) is 5.21 Å². The molecule has 54 valence electrons. The minimum absolute atomic E-state index is 0.167. The second-order valence-corrected chi connectivity index (χ2v) is 1.64. The van der Waals surface area contributed by atoms with E-state index in [1.54, 1.807) is 5.16 Å². The molecule has 0 atom stereocenters. The minimum Gasteiger partial charge on any atom is -0.626 e. The van der Waals surface area contributed by atoms with Gasteiger partial charge in [0.2, 0.25) is 0 Å². The Kier molecular flexibility index (Phi) is 12.5. The zero-order chi connectivity index (χ0) is 7.70. The number of carbonyl (C=O) groups excluding carboxylic acids is 1. The van der Waals surface area contributed by atoms with Crippen LogP contribution in [0, 0.1) is 5.21 Å². The maximum atomic E-state index is 9.44. The average Bonchev–Trinajstić information content (AvgIpc) is 1.66. The van der Waals surface area contributed by atoms with Gasteiger partial charge in [0, 0.05) is 6.42 Å². The Morgan fingerprint density at radius 3 is 2.00 bits per heavy atom. The van der Waals surface area contributed by atoms with Gasteiger partial charge in [0.1, 0.15) is 12.0 Å². The number of Topliss-reactive ketones (excluding diaryl/α,β-unsaturated/α-hetero) is 1. The summed E-state index contributed by atoms with van der Waals surface area (Å²) < 4.78 is 0. The van der Waals surface area contributed by atoms with Crippen molar-refractivity contribution in [1.82, 2.24) is 0 Å². The van der Waals surface area contributed by atoms with Gasteiger partial charge in [-0.3, -0.25) is 0 Å². The quantitative estimate of drug-likeness (QED) is 0.300. The molecule has 9 heavy (non-hydrogen) atoms. The lowest BCUT2D eigenvalue weighted by atomic mass is 10.6. The van der Waals surface area contributed by atoms with Gasteiger partial charge in [0.05, 0.1) is 0 Å². The van der Waals surface area contributed by atoms with E-state index in [0.717, 1.165) is 6.42 Å². The summed E-state index contributed by atoms with van der Waals surface area (Å²) in [6.45, 7) is 4.95. The molecule has 0 amide bonds. The summed E-state index contributed by atoms with van der Waals surface area (Å²) in [5.74, 6) is 0.167. The lowest BCUT2D eigenvalue weighted by Crippen LogP contribution is -2.59. The van der Waals surface area contributed by atoms with E-state index >= 15 is 0 Å². The Morgan fingerprint density at radius 1 is 1.67 bits per heavy atom. The molecule has 0 aliphatic heterocycles. The SMILES string of the molecule is CC(C)=O.CCC=[NH+][O-]. The summed E-state index contributed by atoms with van der Waals surface area (Å²) in [5, 5.41) is 10.9. The molecule has 0 aromatic rings. The maximum absolute atomic E-state index is 9.44. The first-order valence-electron chi connectivity index (χ1n) is 2.81. The fourth-order valence-electron chi connectivity index (χ4n) is 0.0833. The summed E-state index contributed by atoms with van der Waals surface area (Å²) >= 11 is 0. The molecule has 1 N–H and O–H groups in total. The molecule has 0 rings (SSSR count). The van der Waals surface area contributed by atoms with Crippen LogP contribution in [0.3, 0.4) is 0 Å². The second-order valence-electron chi connectivity index (χ2n) is 1.64. The zero-order valence-corrected chi connectivity index (χ0v) is 6.10. The van der Waals surface area contributed by atoms with Crippen LogP contribution < -0.4 is 5.16 Å². The number of nitrogens with one attached hydrogen (secondary N) is 1. The summed E-state index contributed by atoms with van der Waals surface area (Å²) in [4.78, 5) is 9.44. The number of hydrogen-bond donors (Lipinski definition) is 1. The fourth-order valence-corrected chi connectivity index (χ4v) is 0.0833. The molecule has 0 bridgehead atoms. The highest BCUT2D eigenvalue weighted by molar-refractivity contribution is 5.72. The molecule has 0 aliphatic carbocycles. The van der Waals surface area contributed by atoms with Crippen LogP contribution in [0.1, 0.15) is 27.2 Å². The second kappa shape index (κ2) is 10.2. The van der Waals surface area contributed by atoms with Crippen LogP contribution in [0.4, 0.5) is 0 Å². The van der Waals surface area contributed by atoms with E-state index in [-0.39, 0.29) is 5.78 Å². The van der Waals surface area contributed by atoms with Gasteiger partial charge in [0.25, 0.3) is 0 Å². The lowest BCUT2D eigenvalue weighted by molar-refractivity contribution is -0.368. The highest BCUT2D eigenvalue weighted by Gasteiger charge is 1.62. The maximum Gasteiger partial charge on any atom is 0.148 e. The number of ketones is 1. The number of carbonyl (C=O) groups is 1. The first-order chi connectivity index (χ1) is 4.15. The molecular formula is C6H13NO2. The third-order valence-corrected chi connectivity index (χ3v) is 0.287. The van der Waals surface area contributed by atoms with Gasteiger partial charge in [-0.15, -0.1) is 0 Å². The van der Waals surface area contributed by atoms with Gasteiger partial charge in [-0.1, -0.05) is 6.92 Å². The Bertz CT molecular complexity index is 85.1. The lowest BCUT2D eigenvalue weighted by Gasteiger charge is -1.70. The van der Waals surface area contributed by atoms with Crippen LogP contribution in [0.15, 0.2) is 0 Å². The third-order valence-electron chi connectivity index (χ3n) is 0.287. The molecule has 0 aromatic carbocycles. The van der Waals surface area contributed by atoms with Crippen LogP contribution >= 0.6 is 0 Å². The van der Waals surface area contributed by atoms with Crippen molar-refractivity contribution >= 4 is 12.0 Å². The van der Waals surface area contributed by atoms with Crippen LogP contribution in [0.5, 0.6) is 0 Å². The van der Waals surface area contributed by atoms with Crippen LogP contribution in [0.25, 0.3) is 0 Å². The molecule has 0 spiro atoms. The smallest absolute Gasteiger partial charge is 0.148 e. The highest BCUT2D eigenvalue weighted by Crippen LogP contribution is 1.51. The Morgan fingerprint density at radius 2 is 2.00 bits per heavy atom. The van der Waals surface area contributed by atoms with Gasteiger partial charge >= 0.3 is 0 Å². The normalized spacial score (nSPS) is 8.33. The highest BCUT2D eigenvalue weighted by atomic mass is 16.4. The zero-order valence-electron chi connectivity index (χ0n) is 6.10. The van der Waals surface area contributed by atoms with E-state index in [2.05, 4.69) is 0 Å². The monoisotopic (exact) mass is 131 g/mol. The van der Waals surface area contributed by atoms with Crippen molar-refractivity contribution in [3.8, 4) is 0 Å². The summed E-state index contributed by atoms with van der Waals surface area (Å²) in [6.07, 6.45) is 2.24. The van der Waals surface area contributed by atoms with Gasteiger partial charge in [-0.2, -0.15) is 0 Å². The van der Waals surface area contributed by atoms with E-state index in [9.17, 15) is 10.0 Å². The molecule has 0 aliphatic rings. The molecule has 0 radical (unpaired) electrons. The number of rotatable bonds is 1. The van der Waals surface area contributed by atoms with E-state index in [1.165, 1.54) is 20.1 Å². The van der Waals surface area contributed by atoms with E-state index in [4.69, 9.17) is 0 Å². The topological polar surface area (TPSA) is 54.1 Å². The summed E-state index contributed by atoms with van der Waals surface area (Å²) in [7, 11) is 0. The molecule has 0 saturated carbocycles. The molecule has 0 unspecified atom stereocenters. The van der Waals surface area contributed by atoms with Crippen molar-refractivity contribution in [2.75, 3.05) is 0 Å². The standard InChI is InChI=1S/C3H7NO.C3H6O/c1-2-3-4-5;1-3(2)4/h3-4H,2H2,1H3;1-2H3. The van der Waals surface area contributed by atoms with Crippen LogP contribution in [0.2, 0.25) is 0 Å². The predicted molar refractivity (Wildman–Crippen MR) is 37.0 cm³/mol. The Hall–Kier alpha value is -0.860. The fraction of sp³-hybridized carbons (Fsp3) is 0.667.